The molecule has 6 heteroatoms. The SMILES string of the molecule is COc1ccc(/C=C/C(=O)OCc2cc(Br)cc3c2OC(c2ccccc2)OC3)cc1. The lowest BCUT2D eigenvalue weighted by atomic mass is 10.1. The maximum absolute atomic E-state index is 12.2. The summed E-state index contributed by atoms with van der Waals surface area (Å²) in [4.78, 5) is 12.2. The maximum atomic E-state index is 12.2. The molecule has 0 spiro atoms. The van der Waals surface area contributed by atoms with E-state index in [-0.39, 0.29) is 6.61 Å². The fourth-order valence-electron chi connectivity index (χ4n) is 3.23. The van der Waals surface area contributed by atoms with Crippen molar-refractivity contribution in [2.24, 2.45) is 0 Å². The summed E-state index contributed by atoms with van der Waals surface area (Å²) in [6, 6.07) is 21.0. The molecular weight excluding hydrogens is 460 g/mol. The lowest BCUT2D eigenvalue weighted by Gasteiger charge is -2.28. The third kappa shape index (κ3) is 5.34. The Hall–Kier alpha value is -3.09. The normalized spacial score (nSPS) is 15.2. The Morgan fingerprint density at radius 1 is 1.13 bits per heavy atom. The number of hydrogen-bond acceptors (Lipinski definition) is 5. The summed E-state index contributed by atoms with van der Waals surface area (Å²) in [5, 5.41) is 0. The first-order chi connectivity index (χ1) is 15.1. The van der Waals surface area contributed by atoms with Gasteiger partial charge in [0.15, 0.2) is 0 Å². The zero-order chi connectivity index (χ0) is 21.6. The smallest absolute Gasteiger partial charge is 0.331 e. The van der Waals surface area contributed by atoms with E-state index in [0.717, 1.165) is 32.5 Å². The largest absolute Gasteiger partial charge is 0.497 e. The zero-order valence-electron chi connectivity index (χ0n) is 16.9. The van der Waals surface area contributed by atoms with Gasteiger partial charge < -0.3 is 18.9 Å². The standard InChI is InChI=1S/C25H21BrO5/c1-28-22-10-7-17(8-11-22)9-12-23(27)29-15-19-13-21(26)14-20-16-30-25(31-24(19)20)18-5-3-2-4-6-18/h2-14,25H,15-16H2,1H3/b12-9+. The van der Waals surface area contributed by atoms with Crippen molar-refractivity contribution >= 4 is 28.0 Å². The van der Waals surface area contributed by atoms with Gasteiger partial charge in [-0.2, -0.15) is 0 Å². The Kier molecular flexibility index (Phi) is 6.70. The highest BCUT2D eigenvalue weighted by Crippen LogP contribution is 2.38. The summed E-state index contributed by atoms with van der Waals surface area (Å²) in [6.07, 6.45) is 2.61. The topological polar surface area (TPSA) is 54.0 Å². The van der Waals surface area contributed by atoms with Gasteiger partial charge in [-0.1, -0.05) is 58.4 Å². The van der Waals surface area contributed by atoms with Gasteiger partial charge in [0.2, 0.25) is 6.29 Å². The summed E-state index contributed by atoms with van der Waals surface area (Å²) >= 11 is 3.51. The molecule has 3 aromatic carbocycles. The van der Waals surface area contributed by atoms with Crippen LogP contribution in [0.3, 0.4) is 0 Å². The van der Waals surface area contributed by atoms with E-state index in [1.807, 2.05) is 66.7 Å². The van der Waals surface area contributed by atoms with Crippen LogP contribution < -0.4 is 9.47 Å². The van der Waals surface area contributed by atoms with Crippen LogP contribution in [0, 0.1) is 0 Å². The second kappa shape index (κ2) is 9.81. The summed E-state index contributed by atoms with van der Waals surface area (Å²) in [7, 11) is 1.61. The van der Waals surface area contributed by atoms with Gasteiger partial charge >= 0.3 is 5.97 Å². The van der Waals surface area contributed by atoms with Crippen molar-refractivity contribution in [2.75, 3.05) is 7.11 Å². The van der Waals surface area contributed by atoms with E-state index in [9.17, 15) is 4.79 Å². The second-order valence-electron chi connectivity index (χ2n) is 6.94. The number of hydrogen-bond donors (Lipinski definition) is 0. The minimum absolute atomic E-state index is 0.0923. The van der Waals surface area contributed by atoms with Crippen LogP contribution in [0.2, 0.25) is 0 Å². The number of esters is 1. The Bertz CT molecular complexity index is 1080. The Balaban J connectivity index is 1.44. The van der Waals surface area contributed by atoms with Gasteiger partial charge in [0.05, 0.1) is 13.7 Å². The van der Waals surface area contributed by atoms with Crippen molar-refractivity contribution in [3.05, 3.63) is 99.5 Å². The first-order valence-corrected chi connectivity index (χ1v) is 10.5. The average molecular weight is 481 g/mol. The van der Waals surface area contributed by atoms with E-state index >= 15 is 0 Å². The highest BCUT2D eigenvalue weighted by atomic mass is 79.9. The molecule has 0 bridgehead atoms. The van der Waals surface area contributed by atoms with Gasteiger partial charge in [0.1, 0.15) is 18.1 Å². The molecule has 0 fully saturated rings. The molecule has 31 heavy (non-hydrogen) atoms. The van der Waals surface area contributed by atoms with Gasteiger partial charge in [-0.3, -0.25) is 0 Å². The monoisotopic (exact) mass is 480 g/mol. The van der Waals surface area contributed by atoms with Crippen molar-refractivity contribution in [3.8, 4) is 11.5 Å². The molecule has 1 aliphatic heterocycles. The van der Waals surface area contributed by atoms with Crippen molar-refractivity contribution in [1.82, 2.24) is 0 Å². The minimum atomic E-state index is -0.501. The molecule has 0 amide bonds. The van der Waals surface area contributed by atoms with Crippen molar-refractivity contribution < 1.29 is 23.7 Å². The number of fused-ring (bicyclic) bond motifs is 1. The van der Waals surface area contributed by atoms with Gasteiger partial charge in [0, 0.05) is 27.2 Å². The van der Waals surface area contributed by atoms with Gasteiger partial charge in [0.25, 0.3) is 0 Å². The Morgan fingerprint density at radius 3 is 2.65 bits per heavy atom. The quantitative estimate of drug-likeness (QED) is 0.328. The van der Waals surface area contributed by atoms with Crippen LogP contribution in [-0.2, 0) is 27.5 Å². The Labute approximate surface area is 189 Å². The zero-order valence-corrected chi connectivity index (χ0v) is 18.5. The minimum Gasteiger partial charge on any atom is -0.497 e. The van der Waals surface area contributed by atoms with Crippen LogP contribution in [0.1, 0.15) is 28.5 Å². The fourth-order valence-corrected chi connectivity index (χ4v) is 3.79. The summed E-state index contributed by atoms with van der Waals surface area (Å²) in [5.74, 6) is 1.02. The van der Waals surface area contributed by atoms with Gasteiger partial charge in [-0.25, -0.2) is 4.79 Å². The third-order valence-electron chi connectivity index (χ3n) is 4.79. The fraction of sp³-hybridized carbons (Fsp3) is 0.160. The molecular formula is C25H21BrO5. The summed E-state index contributed by atoms with van der Waals surface area (Å²) in [5.41, 5.74) is 3.49. The molecule has 158 valence electrons. The number of carbonyl (C=O) groups excluding carboxylic acids is 1. The molecule has 0 aromatic heterocycles. The molecule has 5 nitrogen and oxygen atoms in total. The summed E-state index contributed by atoms with van der Waals surface area (Å²) in [6.45, 7) is 0.502. The van der Waals surface area contributed by atoms with Crippen LogP contribution in [0.4, 0.5) is 0 Å². The highest BCUT2D eigenvalue weighted by molar-refractivity contribution is 9.10. The van der Waals surface area contributed by atoms with Gasteiger partial charge in [-0.05, 0) is 35.9 Å². The maximum Gasteiger partial charge on any atom is 0.331 e. The van der Waals surface area contributed by atoms with Crippen molar-refractivity contribution in [1.29, 1.82) is 0 Å². The van der Waals surface area contributed by atoms with Crippen molar-refractivity contribution in [3.63, 3.8) is 0 Å². The number of ether oxygens (including phenoxy) is 4. The highest BCUT2D eigenvalue weighted by Gasteiger charge is 2.25. The first kappa shape index (κ1) is 21.2. The molecule has 0 saturated heterocycles. The van der Waals surface area contributed by atoms with Crippen LogP contribution in [0.5, 0.6) is 11.5 Å². The molecule has 0 saturated carbocycles. The molecule has 0 aliphatic carbocycles. The lowest BCUT2D eigenvalue weighted by molar-refractivity contribution is -0.139. The number of halogens is 1. The van der Waals surface area contributed by atoms with Crippen LogP contribution in [0.15, 0.2) is 77.3 Å². The van der Waals surface area contributed by atoms with E-state index < -0.39 is 12.3 Å². The first-order valence-electron chi connectivity index (χ1n) is 9.76. The summed E-state index contributed by atoms with van der Waals surface area (Å²) < 4.78 is 23.5. The van der Waals surface area contributed by atoms with E-state index in [2.05, 4.69) is 15.9 Å². The van der Waals surface area contributed by atoms with Gasteiger partial charge in [-0.15, -0.1) is 0 Å². The van der Waals surface area contributed by atoms with Crippen LogP contribution in [0.25, 0.3) is 6.08 Å². The molecule has 4 rings (SSSR count). The van der Waals surface area contributed by atoms with E-state index in [4.69, 9.17) is 18.9 Å². The number of benzene rings is 3. The Morgan fingerprint density at radius 2 is 1.90 bits per heavy atom. The van der Waals surface area contributed by atoms with Crippen molar-refractivity contribution in [2.45, 2.75) is 19.5 Å². The van der Waals surface area contributed by atoms with Crippen LogP contribution >= 0.6 is 15.9 Å². The number of carbonyl (C=O) groups is 1. The molecule has 1 atom stereocenters. The molecule has 0 radical (unpaired) electrons. The van der Waals surface area contributed by atoms with E-state index in [1.54, 1.807) is 13.2 Å². The molecule has 0 N–H and O–H groups in total. The molecule has 1 heterocycles. The predicted octanol–water partition coefficient (Wildman–Crippen LogP) is 5.82. The average Bonchev–Trinajstić information content (AvgIpc) is 2.81. The lowest BCUT2D eigenvalue weighted by Crippen LogP contribution is -2.19. The molecule has 1 aliphatic rings. The molecule has 3 aromatic rings. The molecule has 1 unspecified atom stereocenters. The predicted molar refractivity (Wildman–Crippen MR) is 121 cm³/mol. The van der Waals surface area contributed by atoms with E-state index in [1.165, 1.54) is 6.08 Å². The third-order valence-corrected chi connectivity index (χ3v) is 5.25. The van der Waals surface area contributed by atoms with E-state index in [0.29, 0.717) is 12.4 Å². The number of methoxy groups -OCH3 is 1. The number of rotatable bonds is 6. The van der Waals surface area contributed by atoms with Crippen LogP contribution in [-0.4, -0.2) is 13.1 Å². The second-order valence-corrected chi connectivity index (χ2v) is 7.85.